The summed E-state index contributed by atoms with van der Waals surface area (Å²) in [7, 11) is 0. The zero-order chi connectivity index (χ0) is 11.0. The molecule has 0 radical (unpaired) electrons. The van der Waals surface area contributed by atoms with Crippen molar-refractivity contribution >= 4 is 11.9 Å². The summed E-state index contributed by atoms with van der Waals surface area (Å²) in [5, 5.41) is 8.74. The topological polar surface area (TPSA) is 57.6 Å². The number of aliphatic carboxylic acids is 1. The van der Waals surface area contributed by atoms with Crippen LogP contribution < -0.4 is 0 Å². The normalized spacial score (nSPS) is 31.4. The highest BCUT2D eigenvalue weighted by atomic mass is 16.4. The Hall–Kier alpha value is -1.06. The number of nitrogens with zero attached hydrogens (tertiary/aromatic N) is 1. The summed E-state index contributed by atoms with van der Waals surface area (Å²) in [5.41, 5.74) is 0. The molecule has 1 aliphatic heterocycles. The Labute approximate surface area is 89.3 Å². The first-order valence-corrected chi connectivity index (χ1v) is 5.61. The molecule has 1 amide bonds. The first-order valence-electron chi connectivity index (χ1n) is 5.61. The van der Waals surface area contributed by atoms with Crippen LogP contribution in [0.2, 0.25) is 0 Å². The molecule has 1 saturated carbocycles. The summed E-state index contributed by atoms with van der Waals surface area (Å²) in [4.78, 5) is 24.3. The molecule has 4 heteroatoms. The van der Waals surface area contributed by atoms with E-state index in [0.29, 0.717) is 12.3 Å². The van der Waals surface area contributed by atoms with Crippen LogP contribution >= 0.6 is 0 Å². The molecule has 1 saturated heterocycles. The van der Waals surface area contributed by atoms with Gasteiger partial charge in [-0.05, 0) is 25.2 Å². The summed E-state index contributed by atoms with van der Waals surface area (Å²) in [5.74, 6) is -0.690. The Bertz CT molecular complexity index is 282. The quantitative estimate of drug-likeness (QED) is 0.740. The maximum atomic E-state index is 11.8. The molecule has 0 aromatic heterocycles. The van der Waals surface area contributed by atoms with Gasteiger partial charge in [0.1, 0.15) is 0 Å². The van der Waals surface area contributed by atoms with Gasteiger partial charge in [-0.3, -0.25) is 9.59 Å². The van der Waals surface area contributed by atoms with Crippen LogP contribution in [0, 0.1) is 17.8 Å². The summed E-state index contributed by atoms with van der Waals surface area (Å²) >= 11 is 0. The van der Waals surface area contributed by atoms with Gasteiger partial charge in [-0.1, -0.05) is 6.92 Å². The molecule has 0 spiro atoms. The van der Waals surface area contributed by atoms with Crippen LogP contribution in [0.25, 0.3) is 0 Å². The largest absolute Gasteiger partial charge is 0.481 e. The first-order chi connectivity index (χ1) is 7.09. The summed E-state index contributed by atoms with van der Waals surface area (Å²) < 4.78 is 0. The number of rotatable bonds is 2. The SMILES string of the molecule is CC1CCN(C(=O)[C@@H]2C[C@@H]2C(=O)O)CC1. The lowest BCUT2D eigenvalue weighted by Gasteiger charge is -2.30. The molecule has 2 rings (SSSR count). The smallest absolute Gasteiger partial charge is 0.307 e. The molecule has 0 bridgehead atoms. The van der Waals surface area contributed by atoms with Crippen LogP contribution in [0.15, 0.2) is 0 Å². The Balaban J connectivity index is 1.85. The van der Waals surface area contributed by atoms with Gasteiger partial charge >= 0.3 is 5.97 Å². The molecule has 84 valence electrons. The molecule has 0 unspecified atom stereocenters. The second-order valence-electron chi connectivity index (χ2n) is 4.79. The minimum Gasteiger partial charge on any atom is -0.481 e. The zero-order valence-corrected chi connectivity index (χ0v) is 8.98. The highest BCUT2D eigenvalue weighted by Crippen LogP contribution is 2.40. The lowest BCUT2D eigenvalue weighted by atomic mass is 9.99. The highest BCUT2D eigenvalue weighted by molar-refractivity contribution is 5.89. The van der Waals surface area contributed by atoms with E-state index in [1.807, 2.05) is 4.90 Å². The van der Waals surface area contributed by atoms with Crippen molar-refractivity contribution in [2.24, 2.45) is 17.8 Å². The van der Waals surface area contributed by atoms with E-state index in [9.17, 15) is 9.59 Å². The Morgan fingerprint density at radius 3 is 2.27 bits per heavy atom. The molecule has 1 heterocycles. The Morgan fingerprint density at radius 1 is 1.20 bits per heavy atom. The Kier molecular flexibility index (Phi) is 2.67. The van der Waals surface area contributed by atoms with Gasteiger partial charge in [-0.25, -0.2) is 0 Å². The van der Waals surface area contributed by atoms with E-state index in [-0.39, 0.29) is 11.8 Å². The van der Waals surface area contributed by atoms with Gasteiger partial charge in [-0.15, -0.1) is 0 Å². The van der Waals surface area contributed by atoms with Crippen LogP contribution in [0.1, 0.15) is 26.2 Å². The van der Waals surface area contributed by atoms with Crippen LogP contribution in [0.5, 0.6) is 0 Å². The van der Waals surface area contributed by atoms with Crippen molar-refractivity contribution in [3.05, 3.63) is 0 Å². The van der Waals surface area contributed by atoms with Gasteiger partial charge in [0, 0.05) is 13.1 Å². The number of piperidine rings is 1. The third kappa shape index (κ3) is 2.13. The van der Waals surface area contributed by atoms with Crippen molar-refractivity contribution in [1.29, 1.82) is 0 Å². The van der Waals surface area contributed by atoms with Crippen molar-refractivity contribution in [2.75, 3.05) is 13.1 Å². The van der Waals surface area contributed by atoms with Gasteiger partial charge in [0.15, 0.2) is 0 Å². The maximum absolute atomic E-state index is 11.8. The number of hydrogen-bond acceptors (Lipinski definition) is 2. The number of carbonyl (C=O) groups is 2. The lowest BCUT2D eigenvalue weighted by Crippen LogP contribution is -2.39. The molecule has 15 heavy (non-hydrogen) atoms. The number of likely N-dealkylation sites (tertiary alicyclic amines) is 1. The number of carboxylic acids is 1. The van der Waals surface area contributed by atoms with Crippen LogP contribution in [0.3, 0.4) is 0 Å². The summed E-state index contributed by atoms with van der Waals surface area (Å²) in [6.45, 7) is 3.81. The lowest BCUT2D eigenvalue weighted by molar-refractivity contribution is -0.142. The van der Waals surface area contributed by atoms with E-state index < -0.39 is 11.9 Å². The van der Waals surface area contributed by atoms with Crippen molar-refractivity contribution in [3.8, 4) is 0 Å². The maximum Gasteiger partial charge on any atom is 0.307 e. The van der Waals surface area contributed by atoms with E-state index in [0.717, 1.165) is 25.9 Å². The first kappa shape index (κ1) is 10.5. The standard InChI is InChI=1S/C11H17NO3/c1-7-2-4-12(5-3-7)10(13)8-6-9(8)11(14)15/h7-9H,2-6H2,1H3,(H,14,15)/t8-,9+/m1/s1. The van der Waals surface area contributed by atoms with Gasteiger partial charge in [0.2, 0.25) is 5.91 Å². The second-order valence-corrected chi connectivity index (χ2v) is 4.79. The van der Waals surface area contributed by atoms with Crippen molar-refractivity contribution in [2.45, 2.75) is 26.2 Å². The van der Waals surface area contributed by atoms with Gasteiger partial charge in [-0.2, -0.15) is 0 Å². The fourth-order valence-corrected chi connectivity index (χ4v) is 2.20. The molecule has 1 N–H and O–H groups in total. The van der Waals surface area contributed by atoms with E-state index in [2.05, 4.69) is 6.92 Å². The van der Waals surface area contributed by atoms with Gasteiger partial charge in [0.05, 0.1) is 11.8 Å². The molecular formula is C11H17NO3. The van der Waals surface area contributed by atoms with Crippen LogP contribution in [0.4, 0.5) is 0 Å². The van der Waals surface area contributed by atoms with Crippen LogP contribution in [-0.4, -0.2) is 35.0 Å². The molecule has 4 nitrogen and oxygen atoms in total. The fourth-order valence-electron chi connectivity index (χ4n) is 2.20. The minimum atomic E-state index is -0.821. The zero-order valence-electron chi connectivity index (χ0n) is 8.98. The number of hydrogen-bond donors (Lipinski definition) is 1. The second kappa shape index (κ2) is 3.83. The van der Waals surface area contributed by atoms with Crippen molar-refractivity contribution < 1.29 is 14.7 Å². The van der Waals surface area contributed by atoms with Gasteiger partial charge < -0.3 is 10.0 Å². The molecule has 2 fully saturated rings. The molecular weight excluding hydrogens is 194 g/mol. The van der Waals surface area contributed by atoms with Crippen LogP contribution in [-0.2, 0) is 9.59 Å². The minimum absolute atomic E-state index is 0.0642. The average Bonchev–Trinajstić information content (AvgIpc) is 2.97. The Morgan fingerprint density at radius 2 is 1.80 bits per heavy atom. The van der Waals surface area contributed by atoms with E-state index in [4.69, 9.17) is 5.11 Å². The molecule has 0 aromatic carbocycles. The van der Waals surface area contributed by atoms with E-state index >= 15 is 0 Å². The predicted octanol–water partition coefficient (Wildman–Crippen LogP) is 0.966. The monoisotopic (exact) mass is 211 g/mol. The fraction of sp³-hybridized carbons (Fsp3) is 0.818. The predicted molar refractivity (Wildman–Crippen MR) is 54.2 cm³/mol. The third-order valence-corrected chi connectivity index (χ3v) is 3.52. The third-order valence-electron chi connectivity index (χ3n) is 3.52. The molecule has 0 aromatic rings. The van der Waals surface area contributed by atoms with E-state index in [1.54, 1.807) is 0 Å². The number of amides is 1. The van der Waals surface area contributed by atoms with Gasteiger partial charge in [0.25, 0.3) is 0 Å². The van der Waals surface area contributed by atoms with Crippen molar-refractivity contribution in [3.63, 3.8) is 0 Å². The average molecular weight is 211 g/mol. The summed E-state index contributed by atoms with van der Waals surface area (Å²) in [6, 6.07) is 0. The number of carboxylic acid groups (broad SMARTS) is 1. The highest BCUT2D eigenvalue weighted by Gasteiger charge is 2.49. The van der Waals surface area contributed by atoms with Crippen molar-refractivity contribution in [1.82, 2.24) is 4.90 Å². The van der Waals surface area contributed by atoms with E-state index in [1.165, 1.54) is 0 Å². The molecule has 1 aliphatic carbocycles. The number of carbonyl (C=O) groups excluding carboxylic acids is 1. The summed E-state index contributed by atoms with van der Waals surface area (Å²) in [6.07, 6.45) is 2.65. The molecule has 2 atom stereocenters. The molecule has 2 aliphatic rings.